The van der Waals surface area contributed by atoms with Gasteiger partial charge in [0.25, 0.3) is 0 Å². The van der Waals surface area contributed by atoms with Gasteiger partial charge in [0.15, 0.2) is 5.58 Å². The Morgan fingerprint density at radius 3 is 1.73 bits per heavy atom. The van der Waals surface area contributed by atoms with Gasteiger partial charge in [-0.1, -0.05) is 121 Å². The van der Waals surface area contributed by atoms with Gasteiger partial charge in [0.2, 0.25) is 0 Å². The highest BCUT2D eigenvalue weighted by atomic mass is 32.1. The van der Waals surface area contributed by atoms with E-state index in [0.717, 1.165) is 39.0 Å². The Kier molecular flexibility index (Phi) is 6.03. The van der Waals surface area contributed by atoms with Crippen molar-refractivity contribution in [3.8, 4) is 22.3 Å². The number of benzene rings is 7. The number of para-hydroxylation sites is 2. The highest BCUT2D eigenvalue weighted by Gasteiger charge is 2.22. The maximum absolute atomic E-state index is 6.59. The molecule has 0 saturated carbocycles. The van der Waals surface area contributed by atoms with E-state index in [0.29, 0.717) is 0 Å². The highest BCUT2D eigenvalue weighted by Crippen LogP contribution is 2.47. The maximum Gasteiger partial charge on any atom is 0.159 e. The Bertz CT molecular complexity index is 2470. The first-order chi connectivity index (χ1) is 22.3. The summed E-state index contributed by atoms with van der Waals surface area (Å²) in [6.45, 7) is 0. The Balaban J connectivity index is 1.22. The fraction of sp³-hybridized carbons (Fsp3) is 0. The average molecular weight is 594 g/mol. The molecule has 0 amide bonds. The highest BCUT2D eigenvalue weighted by molar-refractivity contribution is 7.26. The summed E-state index contributed by atoms with van der Waals surface area (Å²) < 4.78 is 9.15. The van der Waals surface area contributed by atoms with Gasteiger partial charge in [0.05, 0.1) is 11.4 Å². The van der Waals surface area contributed by atoms with E-state index in [1.54, 1.807) is 0 Å². The fourth-order valence-electron chi connectivity index (χ4n) is 6.55. The molecule has 0 N–H and O–H groups in total. The fourth-order valence-corrected chi connectivity index (χ4v) is 7.67. The Morgan fingerprint density at radius 2 is 0.956 bits per heavy atom. The molecule has 0 aliphatic heterocycles. The number of thiophene rings is 1. The number of hydrogen-bond acceptors (Lipinski definition) is 3. The van der Waals surface area contributed by atoms with Crippen LogP contribution in [0.3, 0.4) is 0 Å². The van der Waals surface area contributed by atoms with Crippen molar-refractivity contribution in [2.45, 2.75) is 0 Å². The first kappa shape index (κ1) is 25.8. The van der Waals surface area contributed by atoms with Crippen LogP contribution in [0, 0.1) is 0 Å². The second-order valence-corrected chi connectivity index (χ2v) is 12.4. The molecule has 0 spiro atoms. The normalized spacial score (nSPS) is 11.6. The number of furan rings is 1. The third kappa shape index (κ3) is 4.32. The van der Waals surface area contributed by atoms with Crippen LogP contribution in [0.2, 0.25) is 0 Å². The van der Waals surface area contributed by atoms with Gasteiger partial charge in [-0.05, 0) is 64.7 Å². The lowest BCUT2D eigenvalue weighted by Crippen LogP contribution is -2.10. The zero-order chi connectivity index (χ0) is 29.7. The number of anilines is 3. The molecule has 9 rings (SSSR count). The topological polar surface area (TPSA) is 16.4 Å². The standard InChI is InChI=1S/C42H27NOS/c1-2-10-28(11-3-1)29-20-22-30(23-21-29)31-24-26-32(27-25-31)43(36-15-9-19-40-41(36)35-13-5-7-18-39(35)45-40)37-16-8-14-34-33-12-4-6-17-38(33)44-42(34)37/h1-27H. The number of nitrogens with zero attached hydrogens (tertiary/aromatic N) is 1. The van der Waals surface area contributed by atoms with Gasteiger partial charge in [-0.25, -0.2) is 0 Å². The summed E-state index contributed by atoms with van der Waals surface area (Å²) in [5.41, 5.74) is 9.84. The molecule has 2 heterocycles. The zero-order valence-electron chi connectivity index (χ0n) is 24.4. The van der Waals surface area contributed by atoms with Crippen LogP contribution in [0.1, 0.15) is 0 Å². The lowest BCUT2D eigenvalue weighted by Gasteiger charge is -2.26. The zero-order valence-corrected chi connectivity index (χ0v) is 25.2. The number of hydrogen-bond donors (Lipinski definition) is 0. The minimum absolute atomic E-state index is 0.885. The molecular weight excluding hydrogens is 567 g/mol. The SMILES string of the molecule is c1ccc(-c2ccc(-c3ccc(N(c4cccc5c4oc4ccccc45)c4cccc5sc6ccccc6c45)cc3)cc2)cc1. The molecule has 0 radical (unpaired) electrons. The molecule has 0 unspecified atom stereocenters. The van der Waals surface area contributed by atoms with Crippen molar-refractivity contribution in [3.05, 3.63) is 164 Å². The molecule has 7 aromatic carbocycles. The van der Waals surface area contributed by atoms with E-state index in [9.17, 15) is 0 Å². The summed E-state index contributed by atoms with van der Waals surface area (Å²) in [5, 5.41) is 4.77. The minimum Gasteiger partial charge on any atom is -0.454 e. The van der Waals surface area contributed by atoms with Crippen LogP contribution in [0.25, 0.3) is 64.4 Å². The van der Waals surface area contributed by atoms with E-state index in [4.69, 9.17) is 4.42 Å². The molecule has 0 aliphatic carbocycles. The van der Waals surface area contributed by atoms with Crippen molar-refractivity contribution in [1.82, 2.24) is 0 Å². The van der Waals surface area contributed by atoms with Crippen molar-refractivity contribution in [2.75, 3.05) is 4.90 Å². The largest absolute Gasteiger partial charge is 0.454 e. The summed E-state index contributed by atoms with van der Waals surface area (Å²) in [5.74, 6) is 0. The van der Waals surface area contributed by atoms with Crippen LogP contribution in [0.4, 0.5) is 17.1 Å². The van der Waals surface area contributed by atoms with E-state index in [1.165, 1.54) is 42.4 Å². The predicted octanol–water partition coefficient (Wildman–Crippen LogP) is 12.8. The van der Waals surface area contributed by atoms with Crippen LogP contribution in [-0.2, 0) is 0 Å². The second-order valence-electron chi connectivity index (χ2n) is 11.3. The molecule has 3 heteroatoms. The molecule has 2 nitrogen and oxygen atoms in total. The molecule has 0 fully saturated rings. The Morgan fingerprint density at radius 1 is 0.400 bits per heavy atom. The van der Waals surface area contributed by atoms with E-state index < -0.39 is 0 Å². The van der Waals surface area contributed by atoms with Gasteiger partial charge in [0.1, 0.15) is 5.58 Å². The lowest BCUT2D eigenvalue weighted by molar-refractivity contribution is 0.669. The number of rotatable bonds is 5. The van der Waals surface area contributed by atoms with Crippen molar-refractivity contribution in [2.24, 2.45) is 0 Å². The van der Waals surface area contributed by atoms with Gasteiger partial charge in [-0.3, -0.25) is 0 Å². The van der Waals surface area contributed by atoms with E-state index in [1.807, 2.05) is 17.4 Å². The summed E-state index contributed by atoms with van der Waals surface area (Å²) in [4.78, 5) is 2.37. The monoisotopic (exact) mass is 593 g/mol. The van der Waals surface area contributed by atoms with Crippen molar-refractivity contribution < 1.29 is 4.42 Å². The second kappa shape index (κ2) is 10.5. The van der Waals surface area contributed by atoms with Crippen molar-refractivity contribution in [3.63, 3.8) is 0 Å². The summed E-state index contributed by atoms with van der Waals surface area (Å²) in [7, 11) is 0. The van der Waals surface area contributed by atoms with E-state index in [-0.39, 0.29) is 0 Å². The first-order valence-electron chi connectivity index (χ1n) is 15.2. The molecule has 9 aromatic rings. The van der Waals surface area contributed by atoms with Crippen LogP contribution in [-0.4, -0.2) is 0 Å². The molecule has 0 atom stereocenters. The van der Waals surface area contributed by atoms with Gasteiger partial charge in [-0.15, -0.1) is 11.3 Å². The summed E-state index contributed by atoms with van der Waals surface area (Å²) in [6.07, 6.45) is 0. The Labute approximate surface area is 265 Å². The summed E-state index contributed by atoms with van der Waals surface area (Å²) in [6, 6.07) is 58.4. The molecule has 212 valence electrons. The van der Waals surface area contributed by atoms with Gasteiger partial charge in [0, 0.05) is 36.6 Å². The third-order valence-electron chi connectivity index (χ3n) is 8.70. The minimum atomic E-state index is 0.885. The third-order valence-corrected chi connectivity index (χ3v) is 9.83. The molecular formula is C42H27NOS. The number of fused-ring (bicyclic) bond motifs is 6. The Hall–Kier alpha value is -5.64. The molecule has 0 bridgehead atoms. The van der Waals surface area contributed by atoms with Crippen molar-refractivity contribution >= 4 is 70.5 Å². The molecule has 0 saturated heterocycles. The summed E-state index contributed by atoms with van der Waals surface area (Å²) >= 11 is 1.84. The van der Waals surface area contributed by atoms with Crippen molar-refractivity contribution in [1.29, 1.82) is 0 Å². The molecule has 45 heavy (non-hydrogen) atoms. The van der Waals surface area contributed by atoms with Crippen LogP contribution < -0.4 is 4.90 Å². The van der Waals surface area contributed by atoms with E-state index >= 15 is 0 Å². The molecule has 2 aromatic heterocycles. The first-order valence-corrected chi connectivity index (χ1v) is 16.0. The lowest BCUT2D eigenvalue weighted by atomic mass is 10.00. The van der Waals surface area contributed by atoms with E-state index in [2.05, 4.69) is 163 Å². The van der Waals surface area contributed by atoms with Crippen LogP contribution >= 0.6 is 11.3 Å². The van der Waals surface area contributed by atoms with Gasteiger partial charge >= 0.3 is 0 Å². The van der Waals surface area contributed by atoms with Gasteiger partial charge < -0.3 is 9.32 Å². The molecule has 0 aliphatic rings. The quantitative estimate of drug-likeness (QED) is 0.197. The van der Waals surface area contributed by atoms with Crippen LogP contribution in [0.5, 0.6) is 0 Å². The smallest absolute Gasteiger partial charge is 0.159 e. The predicted molar refractivity (Wildman–Crippen MR) is 192 cm³/mol. The van der Waals surface area contributed by atoms with Crippen LogP contribution in [0.15, 0.2) is 168 Å². The van der Waals surface area contributed by atoms with Gasteiger partial charge in [-0.2, -0.15) is 0 Å². The average Bonchev–Trinajstić information content (AvgIpc) is 3.69. The maximum atomic E-state index is 6.59.